The first-order valence-electron chi connectivity index (χ1n) is 6.73. The second-order valence-electron chi connectivity index (χ2n) is 5.63. The van der Waals surface area contributed by atoms with E-state index in [1.54, 1.807) is 0 Å². The Labute approximate surface area is 117 Å². The van der Waals surface area contributed by atoms with Crippen LogP contribution < -0.4 is 4.72 Å². The number of nitro groups is 1. The van der Waals surface area contributed by atoms with E-state index >= 15 is 0 Å². The highest BCUT2D eigenvalue weighted by Crippen LogP contribution is 2.45. The van der Waals surface area contributed by atoms with Crippen LogP contribution in [0.25, 0.3) is 0 Å². The number of rotatable bonds is 4. The molecule has 1 N–H and O–H groups in total. The molecule has 3 rings (SSSR count). The van der Waals surface area contributed by atoms with Crippen molar-refractivity contribution in [3.05, 3.63) is 34.4 Å². The van der Waals surface area contributed by atoms with E-state index < -0.39 is 14.9 Å². The average molecular weight is 296 g/mol. The van der Waals surface area contributed by atoms with Gasteiger partial charge in [-0.1, -0.05) is 18.6 Å². The Balaban J connectivity index is 1.87. The number of nitrogens with zero attached hydrogens (tertiary/aromatic N) is 1. The molecule has 2 fully saturated rings. The predicted octanol–water partition coefficient (Wildman–Crippen LogP) is 2.06. The summed E-state index contributed by atoms with van der Waals surface area (Å²) in [5, 5.41) is 10.9. The molecule has 0 spiro atoms. The van der Waals surface area contributed by atoms with Crippen LogP contribution in [0.5, 0.6) is 0 Å². The van der Waals surface area contributed by atoms with Gasteiger partial charge in [-0.2, -0.15) is 0 Å². The maximum Gasteiger partial charge on any atom is 0.289 e. The maximum absolute atomic E-state index is 12.4. The predicted molar refractivity (Wildman–Crippen MR) is 72.7 cm³/mol. The zero-order valence-corrected chi connectivity index (χ0v) is 11.7. The fourth-order valence-corrected chi connectivity index (χ4v) is 4.98. The molecule has 0 amide bonds. The van der Waals surface area contributed by atoms with Gasteiger partial charge >= 0.3 is 0 Å². The Hall–Kier alpha value is -1.47. The number of hydrogen-bond acceptors (Lipinski definition) is 4. The van der Waals surface area contributed by atoms with Crippen LogP contribution in [0.15, 0.2) is 29.2 Å². The minimum Gasteiger partial charge on any atom is -0.258 e. The first-order valence-corrected chi connectivity index (χ1v) is 8.21. The molecule has 1 aromatic carbocycles. The van der Waals surface area contributed by atoms with Crippen LogP contribution in [0, 0.1) is 22.0 Å². The number of para-hydroxylation sites is 1. The summed E-state index contributed by atoms with van der Waals surface area (Å²) in [6.07, 6.45) is 4.15. The molecule has 2 saturated carbocycles. The second-order valence-corrected chi connectivity index (χ2v) is 7.31. The molecule has 2 aliphatic rings. The summed E-state index contributed by atoms with van der Waals surface area (Å²) >= 11 is 0. The fourth-order valence-electron chi connectivity index (χ4n) is 3.49. The SMILES string of the molecule is O=[N+]([O-])c1ccccc1S(=O)(=O)N[C@H]1C[C@@H]2CC[C@@H]1C2. The van der Waals surface area contributed by atoms with Crippen molar-refractivity contribution in [2.75, 3.05) is 0 Å². The fraction of sp³-hybridized carbons (Fsp3) is 0.538. The molecule has 1 aromatic rings. The van der Waals surface area contributed by atoms with Gasteiger partial charge in [0.1, 0.15) is 0 Å². The van der Waals surface area contributed by atoms with Crippen molar-refractivity contribution in [2.45, 2.75) is 36.6 Å². The van der Waals surface area contributed by atoms with Gasteiger partial charge < -0.3 is 0 Å². The van der Waals surface area contributed by atoms with Crippen LogP contribution in [0.3, 0.4) is 0 Å². The highest BCUT2D eigenvalue weighted by molar-refractivity contribution is 7.89. The summed E-state index contributed by atoms with van der Waals surface area (Å²) in [6.45, 7) is 0. The lowest BCUT2D eigenvalue weighted by Gasteiger charge is -2.22. The average Bonchev–Trinajstić information content (AvgIpc) is 3.00. The Kier molecular flexibility index (Phi) is 3.25. The maximum atomic E-state index is 12.4. The molecule has 7 heteroatoms. The normalized spacial score (nSPS) is 28.7. The first kappa shape index (κ1) is 13.5. The van der Waals surface area contributed by atoms with Crippen molar-refractivity contribution >= 4 is 15.7 Å². The highest BCUT2D eigenvalue weighted by atomic mass is 32.2. The van der Waals surface area contributed by atoms with Gasteiger partial charge in [0.05, 0.1) is 4.92 Å². The van der Waals surface area contributed by atoms with Gasteiger partial charge in [-0.3, -0.25) is 10.1 Å². The standard InChI is InChI=1S/C13H16N2O4S/c16-15(17)12-3-1-2-4-13(12)20(18,19)14-11-8-9-5-6-10(11)7-9/h1-4,9-11,14H,5-8H2/t9-,10-,11+/m1/s1. The minimum atomic E-state index is -3.83. The molecule has 3 atom stereocenters. The van der Waals surface area contributed by atoms with Crippen LogP contribution in [0.2, 0.25) is 0 Å². The van der Waals surface area contributed by atoms with Crippen molar-refractivity contribution in [1.29, 1.82) is 0 Å². The molecule has 2 aliphatic carbocycles. The van der Waals surface area contributed by atoms with E-state index in [-0.39, 0.29) is 16.6 Å². The van der Waals surface area contributed by atoms with Crippen molar-refractivity contribution in [3.63, 3.8) is 0 Å². The summed E-state index contributed by atoms with van der Waals surface area (Å²) in [5.74, 6) is 0.996. The Morgan fingerprint density at radius 2 is 1.95 bits per heavy atom. The minimum absolute atomic E-state index is 0.0708. The van der Waals surface area contributed by atoms with E-state index in [0.29, 0.717) is 11.8 Å². The Morgan fingerprint density at radius 1 is 1.20 bits per heavy atom. The highest BCUT2D eigenvalue weighted by Gasteiger charge is 2.42. The molecule has 0 unspecified atom stereocenters. The molecule has 6 nitrogen and oxygen atoms in total. The van der Waals surface area contributed by atoms with E-state index in [2.05, 4.69) is 4.72 Å². The van der Waals surface area contributed by atoms with Gasteiger partial charge in [0, 0.05) is 12.1 Å². The molecule has 0 radical (unpaired) electrons. The first-order chi connectivity index (χ1) is 9.47. The summed E-state index contributed by atoms with van der Waals surface area (Å²) in [6, 6.07) is 5.40. The van der Waals surface area contributed by atoms with Crippen LogP contribution in [0.1, 0.15) is 25.7 Å². The smallest absolute Gasteiger partial charge is 0.258 e. The largest absolute Gasteiger partial charge is 0.289 e. The van der Waals surface area contributed by atoms with Crippen LogP contribution >= 0.6 is 0 Å². The summed E-state index contributed by atoms with van der Waals surface area (Å²) < 4.78 is 27.4. The number of sulfonamides is 1. The molecule has 2 bridgehead atoms. The van der Waals surface area contributed by atoms with E-state index in [0.717, 1.165) is 19.3 Å². The van der Waals surface area contributed by atoms with E-state index in [1.165, 1.54) is 30.7 Å². The third-order valence-corrected chi connectivity index (χ3v) is 5.93. The van der Waals surface area contributed by atoms with Gasteiger partial charge in [-0.05, 0) is 37.2 Å². The van der Waals surface area contributed by atoms with Gasteiger partial charge in [0.2, 0.25) is 10.0 Å². The topological polar surface area (TPSA) is 89.3 Å². The van der Waals surface area contributed by atoms with Crippen LogP contribution in [0.4, 0.5) is 5.69 Å². The molecule has 108 valence electrons. The van der Waals surface area contributed by atoms with E-state index in [9.17, 15) is 18.5 Å². The lowest BCUT2D eigenvalue weighted by atomic mass is 9.96. The summed E-state index contributed by atoms with van der Waals surface area (Å²) in [7, 11) is -3.83. The van der Waals surface area contributed by atoms with E-state index in [1.807, 2.05) is 0 Å². The zero-order chi connectivity index (χ0) is 14.3. The molecule has 0 aromatic heterocycles. The lowest BCUT2D eigenvalue weighted by Crippen LogP contribution is -2.38. The van der Waals surface area contributed by atoms with Crippen molar-refractivity contribution in [2.24, 2.45) is 11.8 Å². The van der Waals surface area contributed by atoms with Crippen LogP contribution in [-0.4, -0.2) is 19.4 Å². The quantitative estimate of drug-likeness (QED) is 0.680. The molecule has 0 heterocycles. The second kappa shape index (κ2) is 4.82. The Morgan fingerprint density at radius 3 is 2.55 bits per heavy atom. The monoisotopic (exact) mass is 296 g/mol. The number of fused-ring (bicyclic) bond motifs is 2. The third-order valence-electron chi connectivity index (χ3n) is 4.40. The molecule has 20 heavy (non-hydrogen) atoms. The van der Waals surface area contributed by atoms with Gasteiger partial charge in [0.25, 0.3) is 5.69 Å². The molecular formula is C13H16N2O4S. The van der Waals surface area contributed by atoms with Crippen molar-refractivity contribution < 1.29 is 13.3 Å². The van der Waals surface area contributed by atoms with Gasteiger partial charge in [-0.25, -0.2) is 13.1 Å². The van der Waals surface area contributed by atoms with Crippen molar-refractivity contribution in [1.82, 2.24) is 4.72 Å². The molecule has 0 saturated heterocycles. The third kappa shape index (κ3) is 2.31. The number of nitrogens with one attached hydrogen (secondary N) is 1. The molecule has 0 aliphatic heterocycles. The summed E-state index contributed by atoms with van der Waals surface area (Å²) in [5.41, 5.74) is -0.372. The number of nitro benzene ring substituents is 1. The zero-order valence-electron chi connectivity index (χ0n) is 10.9. The number of hydrogen-bond donors (Lipinski definition) is 1. The van der Waals surface area contributed by atoms with E-state index in [4.69, 9.17) is 0 Å². The Bertz CT molecular complexity index is 644. The van der Waals surface area contributed by atoms with Gasteiger partial charge in [-0.15, -0.1) is 0 Å². The van der Waals surface area contributed by atoms with Gasteiger partial charge in [0.15, 0.2) is 4.90 Å². The van der Waals surface area contributed by atoms with Crippen molar-refractivity contribution in [3.8, 4) is 0 Å². The molecular weight excluding hydrogens is 280 g/mol. The lowest BCUT2D eigenvalue weighted by molar-refractivity contribution is -0.387. The summed E-state index contributed by atoms with van der Waals surface area (Å²) in [4.78, 5) is 10.0. The van der Waals surface area contributed by atoms with Crippen LogP contribution in [-0.2, 0) is 10.0 Å². The number of benzene rings is 1.